The molecular formula is C24H28FNO3. The SMILES string of the molecule is O[C@H](CN1CCC2(CC1)C[C@@H](O)c1cc(F)ccc1O2)c1ccc2c(c1)CCC2. The summed E-state index contributed by atoms with van der Waals surface area (Å²) in [6.07, 6.45) is 4.37. The maximum absolute atomic E-state index is 13.5. The van der Waals surface area contributed by atoms with Crippen LogP contribution in [0, 0.1) is 5.82 Å². The minimum Gasteiger partial charge on any atom is -0.487 e. The number of aryl methyl sites for hydroxylation is 2. The highest BCUT2D eigenvalue weighted by molar-refractivity contribution is 5.39. The zero-order valence-electron chi connectivity index (χ0n) is 16.6. The molecule has 0 bridgehead atoms. The Hall–Kier alpha value is -1.95. The Morgan fingerprint density at radius 1 is 1.10 bits per heavy atom. The van der Waals surface area contributed by atoms with E-state index >= 15 is 0 Å². The first kappa shape index (κ1) is 19.0. The molecule has 2 atom stereocenters. The first-order valence-corrected chi connectivity index (χ1v) is 10.7. The van der Waals surface area contributed by atoms with Crippen molar-refractivity contribution in [2.75, 3.05) is 19.6 Å². The molecule has 0 amide bonds. The zero-order chi connectivity index (χ0) is 20.0. The quantitative estimate of drug-likeness (QED) is 0.829. The van der Waals surface area contributed by atoms with Gasteiger partial charge in [-0.1, -0.05) is 18.2 Å². The van der Waals surface area contributed by atoms with Gasteiger partial charge in [0.15, 0.2) is 0 Å². The lowest BCUT2D eigenvalue weighted by molar-refractivity contribution is -0.0589. The molecule has 2 aromatic carbocycles. The van der Waals surface area contributed by atoms with E-state index in [-0.39, 0.29) is 5.82 Å². The van der Waals surface area contributed by atoms with E-state index in [2.05, 4.69) is 23.1 Å². The van der Waals surface area contributed by atoms with E-state index in [9.17, 15) is 14.6 Å². The van der Waals surface area contributed by atoms with E-state index in [1.165, 1.54) is 29.7 Å². The third-order valence-electron chi connectivity index (χ3n) is 6.93. The Kier molecular flexibility index (Phi) is 4.85. The second kappa shape index (κ2) is 7.38. The fourth-order valence-corrected chi connectivity index (χ4v) is 5.21. The van der Waals surface area contributed by atoms with Gasteiger partial charge in [0.05, 0.1) is 12.2 Å². The zero-order valence-corrected chi connectivity index (χ0v) is 16.6. The van der Waals surface area contributed by atoms with Crippen molar-refractivity contribution < 1.29 is 19.3 Å². The van der Waals surface area contributed by atoms with Crippen molar-refractivity contribution >= 4 is 0 Å². The highest BCUT2D eigenvalue weighted by Gasteiger charge is 2.43. The van der Waals surface area contributed by atoms with Crippen molar-refractivity contribution in [1.29, 1.82) is 0 Å². The molecule has 3 aliphatic rings. The van der Waals surface area contributed by atoms with Crippen LogP contribution in [0.5, 0.6) is 5.75 Å². The van der Waals surface area contributed by atoms with Crippen LogP contribution in [0.1, 0.15) is 60.1 Å². The molecule has 2 aromatic rings. The number of aliphatic hydroxyl groups excluding tert-OH is 2. The van der Waals surface area contributed by atoms with E-state index in [1.54, 1.807) is 6.07 Å². The molecule has 2 aliphatic heterocycles. The van der Waals surface area contributed by atoms with Gasteiger partial charge >= 0.3 is 0 Å². The Morgan fingerprint density at radius 2 is 1.90 bits per heavy atom. The minimum atomic E-state index is -0.696. The predicted octanol–water partition coefficient (Wildman–Crippen LogP) is 3.70. The molecule has 5 rings (SSSR count). The fourth-order valence-electron chi connectivity index (χ4n) is 5.21. The molecule has 1 fully saturated rings. The van der Waals surface area contributed by atoms with Gasteiger partial charge in [-0.3, -0.25) is 0 Å². The van der Waals surface area contributed by atoms with Gasteiger partial charge in [-0.15, -0.1) is 0 Å². The highest BCUT2D eigenvalue weighted by Crippen LogP contribution is 2.44. The summed E-state index contributed by atoms with van der Waals surface area (Å²) in [6, 6.07) is 10.8. The molecule has 29 heavy (non-hydrogen) atoms. The van der Waals surface area contributed by atoms with Crippen LogP contribution in [0.2, 0.25) is 0 Å². The summed E-state index contributed by atoms with van der Waals surface area (Å²) in [5.74, 6) is 0.245. The summed E-state index contributed by atoms with van der Waals surface area (Å²) in [5, 5.41) is 21.3. The van der Waals surface area contributed by atoms with Gasteiger partial charge in [-0.25, -0.2) is 4.39 Å². The van der Waals surface area contributed by atoms with Crippen LogP contribution >= 0.6 is 0 Å². The first-order valence-electron chi connectivity index (χ1n) is 10.7. The molecule has 1 aliphatic carbocycles. The molecule has 1 spiro atoms. The van der Waals surface area contributed by atoms with E-state index < -0.39 is 17.8 Å². The molecule has 5 heteroatoms. The van der Waals surface area contributed by atoms with Crippen molar-refractivity contribution in [3.63, 3.8) is 0 Å². The minimum absolute atomic E-state index is 0.349. The maximum atomic E-state index is 13.5. The van der Waals surface area contributed by atoms with Gasteiger partial charge in [-0.05, 0) is 67.0 Å². The van der Waals surface area contributed by atoms with Crippen LogP contribution in [0.15, 0.2) is 36.4 Å². The third kappa shape index (κ3) is 3.67. The number of likely N-dealkylation sites (tertiary alicyclic amines) is 1. The van der Waals surface area contributed by atoms with Crippen LogP contribution in [-0.2, 0) is 12.8 Å². The lowest BCUT2D eigenvalue weighted by atomic mass is 9.81. The molecule has 1 saturated heterocycles. The standard InChI is InChI=1S/C24H28FNO3/c25-19-6-7-23-20(13-19)21(27)14-24(29-23)8-10-26(11-9-24)15-22(28)18-5-4-16-2-1-3-17(16)12-18/h4-7,12-13,21-22,27-28H,1-3,8-11,14-15H2/t21-,22-/m1/s1. The van der Waals surface area contributed by atoms with Crippen molar-refractivity contribution in [2.24, 2.45) is 0 Å². The number of β-amino-alcohol motifs (C(OH)–C–C–N with tert-alkyl or cyclic N) is 1. The number of nitrogens with zero attached hydrogens (tertiary/aromatic N) is 1. The molecular weight excluding hydrogens is 369 g/mol. The van der Waals surface area contributed by atoms with Crippen LogP contribution in [0.4, 0.5) is 4.39 Å². The monoisotopic (exact) mass is 397 g/mol. The molecule has 2 N–H and O–H groups in total. The number of halogens is 1. The molecule has 2 heterocycles. The maximum Gasteiger partial charge on any atom is 0.126 e. The van der Waals surface area contributed by atoms with Crippen LogP contribution < -0.4 is 4.74 Å². The summed E-state index contributed by atoms with van der Waals surface area (Å²) < 4.78 is 19.7. The van der Waals surface area contributed by atoms with Gasteiger partial charge in [0.1, 0.15) is 17.2 Å². The van der Waals surface area contributed by atoms with Gasteiger partial charge in [0, 0.05) is 31.6 Å². The van der Waals surface area contributed by atoms with Gasteiger partial charge in [-0.2, -0.15) is 0 Å². The Balaban J connectivity index is 1.22. The van der Waals surface area contributed by atoms with Crippen LogP contribution in [0.25, 0.3) is 0 Å². The highest BCUT2D eigenvalue weighted by atomic mass is 19.1. The summed E-state index contributed by atoms with van der Waals surface area (Å²) in [6.45, 7) is 2.23. The first-order chi connectivity index (χ1) is 14.0. The van der Waals surface area contributed by atoms with Crippen LogP contribution in [-0.4, -0.2) is 40.3 Å². The lowest BCUT2D eigenvalue weighted by Gasteiger charge is -2.46. The van der Waals surface area contributed by atoms with Gasteiger partial charge in [0.25, 0.3) is 0 Å². The average molecular weight is 397 g/mol. The number of benzene rings is 2. The number of rotatable bonds is 3. The summed E-state index contributed by atoms with van der Waals surface area (Å²) in [7, 11) is 0. The number of hydrogen-bond acceptors (Lipinski definition) is 4. The summed E-state index contributed by atoms with van der Waals surface area (Å²) in [5.41, 5.74) is 3.96. The molecule has 0 aromatic heterocycles. The fraction of sp³-hybridized carbons (Fsp3) is 0.500. The summed E-state index contributed by atoms with van der Waals surface area (Å²) in [4.78, 5) is 2.28. The molecule has 0 radical (unpaired) electrons. The molecule has 0 unspecified atom stereocenters. The Labute approximate surface area is 170 Å². The number of ether oxygens (including phenoxy) is 1. The second-order valence-corrected chi connectivity index (χ2v) is 8.89. The van der Waals surface area contributed by atoms with Crippen molar-refractivity contribution in [1.82, 2.24) is 4.90 Å². The lowest BCUT2D eigenvalue weighted by Crippen LogP contribution is -2.51. The Morgan fingerprint density at radius 3 is 2.72 bits per heavy atom. The summed E-state index contributed by atoms with van der Waals surface area (Å²) >= 11 is 0. The van der Waals surface area contributed by atoms with Gasteiger partial charge < -0.3 is 19.8 Å². The molecule has 154 valence electrons. The van der Waals surface area contributed by atoms with Crippen molar-refractivity contribution in [3.8, 4) is 5.75 Å². The average Bonchev–Trinajstić information content (AvgIpc) is 3.18. The Bertz CT molecular complexity index is 907. The number of aliphatic hydroxyl groups is 2. The van der Waals surface area contributed by atoms with Crippen molar-refractivity contribution in [2.45, 2.75) is 56.3 Å². The number of piperidine rings is 1. The van der Waals surface area contributed by atoms with E-state index in [1.807, 2.05) is 0 Å². The third-order valence-corrected chi connectivity index (χ3v) is 6.93. The topological polar surface area (TPSA) is 52.9 Å². The largest absolute Gasteiger partial charge is 0.487 e. The van der Waals surface area contributed by atoms with E-state index in [0.29, 0.717) is 24.3 Å². The molecule has 0 saturated carbocycles. The van der Waals surface area contributed by atoms with E-state index in [4.69, 9.17) is 4.74 Å². The normalized spacial score (nSPS) is 24.0. The van der Waals surface area contributed by atoms with Gasteiger partial charge in [0.2, 0.25) is 0 Å². The number of fused-ring (bicyclic) bond motifs is 2. The number of hydrogen-bond donors (Lipinski definition) is 2. The smallest absolute Gasteiger partial charge is 0.126 e. The van der Waals surface area contributed by atoms with Crippen molar-refractivity contribution in [3.05, 3.63) is 64.5 Å². The predicted molar refractivity (Wildman–Crippen MR) is 108 cm³/mol. The second-order valence-electron chi connectivity index (χ2n) is 8.89. The van der Waals surface area contributed by atoms with E-state index in [0.717, 1.165) is 44.3 Å². The molecule has 4 nitrogen and oxygen atoms in total. The van der Waals surface area contributed by atoms with Crippen LogP contribution in [0.3, 0.4) is 0 Å².